The van der Waals surface area contributed by atoms with Gasteiger partial charge in [-0.2, -0.15) is 13.5 Å². The van der Waals surface area contributed by atoms with Gasteiger partial charge < -0.3 is 9.47 Å². The summed E-state index contributed by atoms with van der Waals surface area (Å²) in [7, 11) is -3.72. The average Bonchev–Trinajstić information content (AvgIpc) is 2.62. The van der Waals surface area contributed by atoms with Crippen molar-refractivity contribution in [3.63, 3.8) is 0 Å². The van der Waals surface area contributed by atoms with Crippen LogP contribution in [0, 0.1) is 0 Å². The lowest BCUT2D eigenvalue weighted by Gasteiger charge is -2.13. The molecule has 26 heavy (non-hydrogen) atoms. The lowest BCUT2D eigenvalue weighted by Crippen LogP contribution is -2.18. The molecular weight excluding hydrogens is 376 g/mol. The van der Waals surface area contributed by atoms with E-state index in [-0.39, 0.29) is 4.90 Å². The van der Waals surface area contributed by atoms with E-state index < -0.39 is 10.0 Å². The minimum atomic E-state index is -3.72. The molecule has 0 fully saturated rings. The van der Waals surface area contributed by atoms with Crippen molar-refractivity contribution in [1.29, 1.82) is 0 Å². The summed E-state index contributed by atoms with van der Waals surface area (Å²) in [6, 6.07) is 11.3. The summed E-state index contributed by atoms with van der Waals surface area (Å²) in [6.45, 7) is 4.81. The highest BCUT2D eigenvalue weighted by atomic mass is 35.5. The van der Waals surface area contributed by atoms with Crippen molar-refractivity contribution in [2.75, 3.05) is 13.2 Å². The molecule has 140 valence electrons. The minimum absolute atomic E-state index is 0.133. The molecule has 6 nitrogen and oxygen atoms in total. The fourth-order valence-corrected chi connectivity index (χ4v) is 3.18. The number of nitrogens with one attached hydrogen (secondary N) is 1. The van der Waals surface area contributed by atoms with Crippen molar-refractivity contribution in [2.24, 2.45) is 5.10 Å². The molecule has 0 unspecified atom stereocenters. The van der Waals surface area contributed by atoms with Crippen LogP contribution in [0.3, 0.4) is 0 Å². The number of rotatable bonds is 9. The normalized spacial score (nSPS) is 11.5. The first kappa shape index (κ1) is 20.1. The fraction of sp³-hybridized carbons (Fsp3) is 0.278. The number of sulfonamides is 1. The minimum Gasteiger partial charge on any atom is -0.490 e. The van der Waals surface area contributed by atoms with Gasteiger partial charge in [-0.25, -0.2) is 4.83 Å². The van der Waals surface area contributed by atoms with E-state index in [0.29, 0.717) is 35.3 Å². The first-order valence-electron chi connectivity index (χ1n) is 8.17. The highest BCUT2D eigenvalue weighted by molar-refractivity contribution is 7.89. The predicted octanol–water partition coefficient (Wildman–Crippen LogP) is 3.84. The number of hydrogen-bond acceptors (Lipinski definition) is 5. The molecule has 0 atom stereocenters. The van der Waals surface area contributed by atoms with Crippen LogP contribution in [0.25, 0.3) is 0 Å². The summed E-state index contributed by atoms with van der Waals surface area (Å²) in [5, 5.41) is 4.18. The van der Waals surface area contributed by atoms with Crippen molar-refractivity contribution < 1.29 is 17.9 Å². The van der Waals surface area contributed by atoms with Gasteiger partial charge >= 0.3 is 0 Å². The van der Waals surface area contributed by atoms with Crippen LogP contribution in [0.15, 0.2) is 52.5 Å². The molecule has 8 heteroatoms. The summed E-state index contributed by atoms with van der Waals surface area (Å²) in [6.07, 6.45) is 2.20. The molecule has 0 amide bonds. The Morgan fingerprint density at radius 1 is 1.15 bits per heavy atom. The van der Waals surface area contributed by atoms with Crippen LogP contribution in [0.2, 0.25) is 5.02 Å². The van der Waals surface area contributed by atoms with E-state index in [0.717, 1.165) is 6.42 Å². The molecule has 0 saturated heterocycles. The fourth-order valence-electron chi connectivity index (χ4n) is 2.09. The molecule has 0 heterocycles. The predicted molar refractivity (Wildman–Crippen MR) is 103 cm³/mol. The number of ether oxygens (including phenoxy) is 2. The zero-order valence-electron chi connectivity index (χ0n) is 14.6. The third kappa shape index (κ3) is 5.37. The van der Waals surface area contributed by atoms with Gasteiger partial charge in [0.05, 0.1) is 29.3 Å². The van der Waals surface area contributed by atoms with Crippen LogP contribution in [0.5, 0.6) is 11.5 Å². The number of benzene rings is 2. The first-order valence-corrected chi connectivity index (χ1v) is 10.0. The SMILES string of the molecule is CCCOc1c(Cl)cc(/C=N\NS(=O)(=O)c2ccccc2)cc1OCC. The second-order valence-electron chi connectivity index (χ2n) is 5.28. The van der Waals surface area contributed by atoms with Crippen molar-refractivity contribution in [2.45, 2.75) is 25.2 Å². The molecule has 2 aromatic rings. The zero-order chi connectivity index (χ0) is 19.0. The molecular formula is C18H21ClN2O4S. The molecule has 0 aliphatic rings. The number of hydrazone groups is 1. The second-order valence-corrected chi connectivity index (χ2v) is 7.35. The summed E-state index contributed by atoms with van der Waals surface area (Å²) in [4.78, 5) is 2.30. The summed E-state index contributed by atoms with van der Waals surface area (Å²) in [5.74, 6) is 0.957. The Hall–Kier alpha value is -2.25. The van der Waals surface area contributed by atoms with Crippen LogP contribution in [0.4, 0.5) is 0 Å². The van der Waals surface area contributed by atoms with Crippen molar-refractivity contribution >= 4 is 27.8 Å². The molecule has 0 aliphatic heterocycles. The molecule has 0 saturated carbocycles. The van der Waals surface area contributed by atoms with Crippen molar-refractivity contribution in [3.05, 3.63) is 53.1 Å². The Kier molecular flexibility index (Phi) is 7.29. The van der Waals surface area contributed by atoms with Gasteiger partial charge in [0, 0.05) is 0 Å². The van der Waals surface area contributed by atoms with E-state index >= 15 is 0 Å². The van der Waals surface area contributed by atoms with Crippen LogP contribution >= 0.6 is 11.6 Å². The molecule has 1 N–H and O–H groups in total. The van der Waals surface area contributed by atoms with Gasteiger partial charge in [0.25, 0.3) is 10.0 Å². The number of nitrogens with zero attached hydrogens (tertiary/aromatic N) is 1. The Morgan fingerprint density at radius 2 is 1.88 bits per heavy atom. The average molecular weight is 397 g/mol. The van der Waals surface area contributed by atoms with Crippen molar-refractivity contribution in [1.82, 2.24) is 4.83 Å². The van der Waals surface area contributed by atoms with E-state index in [1.165, 1.54) is 18.3 Å². The van der Waals surface area contributed by atoms with E-state index in [1.54, 1.807) is 30.3 Å². The maximum atomic E-state index is 12.1. The van der Waals surface area contributed by atoms with Crippen molar-refractivity contribution in [3.8, 4) is 11.5 Å². The maximum Gasteiger partial charge on any atom is 0.276 e. The van der Waals surface area contributed by atoms with E-state index in [4.69, 9.17) is 21.1 Å². The van der Waals surface area contributed by atoms with Crippen LogP contribution < -0.4 is 14.3 Å². The quantitative estimate of drug-likeness (QED) is 0.516. The molecule has 2 aromatic carbocycles. The second kappa shape index (κ2) is 9.45. The Morgan fingerprint density at radius 3 is 2.54 bits per heavy atom. The van der Waals surface area contributed by atoms with Gasteiger partial charge in [0.2, 0.25) is 0 Å². The summed E-state index contributed by atoms with van der Waals surface area (Å²) in [5.41, 5.74) is 0.582. The molecule has 0 radical (unpaired) electrons. The van der Waals surface area contributed by atoms with Gasteiger partial charge in [0.15, 0.2) is 11.5 Å². The largest absolute Gasteiger partial charge is 0.490 e. The third-order valence-corrected chi connectivity index (χ3v) is 4.74. The number of halogens is 1. The van der Waals surface area contributed by atoms with Crippen LogP contribution in [0.1, 0.15) is 25.8 Å². The smallest absolute Gasteiger partial charge is 0.276 e. The van der Waals surface area contributed by atoms with Crippen LogP contribution in [-0.4, -0.2) is 27.8 Å². The lowest BCUT2D eigenvalue weighted by molar-refractivity contribution is 0.277. The maximum absolute atomic E-state index is 12.1. The highest BCUT2D eigenvalue weighted by Crippen LogP contribution is 2.36. The first-order chi connectivity index (χ1) is 12.5. The van der Waals surface area contributed by atoms with Gasteiger partial charge in [0.1, 0.15) is 0 Å². The topological polar surface area (TPSA) is 77.0 Å². The monoisotopic (exact) mass is 396 g/mol. The lowest BCUT2D eigenvalue weighted by atomic mass is 10.2. The standard InChI is InChI=1S/C18H21ClN2O4S/c1-3-10-25-18-16(19)11-14(12-17(18)24-4-2)13-20-21-26(22,23)15-8-6-5-7-9-15/h5-9,11-13,21H,3-4,10H2,1-2H3/b20-13-. The molecule has 2 rings (SSSR count). The molecule has 0 aliphatic carbocycles. The van der Waals surface area contributed by atoms with Gasteiger partial charge in [-0.1, -0.05) is 36.7 Å². The van der Waals surface area contributed by atoms with Crippen LogP contribution in [-0.2, 0) is 10.0 Å². The Balaban J connectivity index is 2.19. The number of hydrogen-bond donors (Lipinski definition) is 1. The Bertz CT molecular complexity index is 855. The third-order valence-electron chi connectivity index (χ3n) is 3.22. The van der Waals surface area contributed by atoms with Gasteiger partial charge in [-0.3, -0.25) is 0 Å². The van der Waals surface area contributed by atoms with E-state index in [9.17, 15) is 8.42 Å². The molecule has 0 spiro atoms. The summed E-state index contributed by atoms with van der Waals surface area (Å²) >= 11 is 6.27. The zero-order valence-corrected chi connectivity index (χ0v) is 16.2. The van der Waals surface area contributed by atoms with E-state index in [1.807, 2.05) is 13.8 Å². The molecule has 0 aromatic heterocycles. The van der Waals surface area contributed by atoms with E-state index in [2.05, 4.69) is 9.93 Å². The highest BCUT2D eigenvalue weighted by Gasteiger charge is 2.13. The van der Waals surface area contributed by atoms with Gasteiger partial charge in [-0.05, 0) is 43.2 Å². The summed E-state index contributed by atoms with van der Waals surface area (Å²) < 4.78 is 35.5. The Labute approximate surface area is 158 Å². The molecule has 0 bridgehead atoms. The van der Waals surface area contributed by atoms with Gasteiger partial charge in [-0.15, -0.1) is 0 Å².